The van der Waals surface area contributed by atoms with Crippen molar-refractivity contribution < 1.29 is 19.5 Å². The number of hydrogen-bond acceptors (Lipinski definition) is 6. The maximum absolute atomic E-state index is 11.8. The molecule has 7 nitrogen and oxygen atoms in total. The van der Waals surface area contributed by atoms with Gasteiger partial charge in [-0.1, -0.05) is 0 Å². The number of hydrogen-bond donors (Lipinski definition) is 5. The van der Waals surface area contributed by atoms with Crippen LogP contribution in [-0.4, -0.2) is 58.8 Å². The van der Waals surface area contributed by atoms with Gasteiger partial charge in [0.2, 0.25) is 11.8 Å². The van der Waals surface area contributed by atoms with Crippen LogP contribution in [0.2, 0.25) is 0 Å². The predicted molar refractivity (Wildman–Crippen MR) is 82.0 cm³/mol. The molecule has 0 bridgehead atoms. The van der Waals surface area contributed by atoms with Crippen molar-refractivity contribution >= 4 is 42.2 Å². The fourth-order valence-electron chi connectivity index (χ4n) is 1.26. The molecule has 116 valence electrons. The molecule has 0 aromatic rings. The van der Waals surface area contributed by atoms with E-state index >= 15 is 0 Å². The van der Waals surface area contributed by atoms with Gasteiger partial charge in [-0.3, -0.25) is 9.59 Å². The van der Waals surface area contributed by atoms with E-state index in [2.05, 4.69) is 23.3 Å². The summed E-state index contributed by atoms with van der Waals surface area (Å²) in [5.41, 5.74) is 5.46. The zero-order valence-electron chi connectivity index (χ0n) is 11.5. The maximum Gasteiger partial charge on any atom is 0.326 e. The first-order chi connectivity index (χ1) is 9.33. The summed E-state index contributed by atoms with van der Waals surface area (Å²) in [6, 6.07) is -2.63. The second-order valence-corrected chi connectivity index (χ2v) is 5.55. The van der Waals surface area contributed by atoms with Gasteiger partial charge in [-0.2, -0.15) is 24.4 Å². The molecule has 0 aliphatic rings. The first-order valence-electron chi connectivity index (χ1n) is 6.02. The lowest BCUT2D eigenvalue weighted by Crippen LogP contribution is -2.53. The molecule has 0 radical (unpaired) electrons. The Morgan fingerprint density at radius 1 is 1.30 bits per heavy atom. The number of thiol groups is 1. The van der Waals surface area contributed by atoms with E-state index in [9.17, 15) is 14.4 Å². The van der Waals surface area contributed by atoms with Crippen LogP contribution in [-0.2, 0) is 14.4 Å². The average molecular weight is 323 g/mol. The quantitative estimate of drug-likeness (QED) is 0.350. The largest absolute Gasteiger partial charge is 0.480 e. The van der Waals surface area contributed by atoms with Crippen molar-refractivity contribution in [2.75, 3.05) is 17.8 Å². The van der Waals surface area contributed by atoms with Crippen LogP contribution in [0.15, 0.2) is 0 Å². The van der Waals surface area contributed by atoms with E-state index in [4.69, 9.17) is 10.8 Å². The molecular formula is C11H21N3O4S2. The highest BCUT2D eigenvalue weighted by atomic mass is 32.2. The number of amides is 2. The number of rotatable bonds is 9. The molecule has 9 heteroatoms. The molecular weight excluding hydrogens is 302 g/mol. The second kappa shape index (κ2) is 9.89. The van der Waals surface area contributed by atoms with Crippen LogP contribution in [0.25, 0.3) is 0 Å². The molecule has 20 heavy (non-hydrogen) atoms. The summed E-state index contributed by atoms with van der Waals surface area (Å²) < 4.78 is 0. The Hall–Kier alpha value is -0.930. The van der Waals surface area contributed by atoms with Crippen molar-refractivity contribution in [3.63, 3.8) is 0 Å². The molecule has 0 saturated carbocycles. The number of carbonyl (C=O) groups excluding carboxylic acids is 2. The summed E-state index contributed by atoms with van der Waals surface area (Å²) in [6.45, 7) is 1.46. The summed E-state index contributed by atoms with van der Waals surface area (Å²) >= 11 is 5.37. The summed E-state index contributed by atoms with van der Waals surface area (Å²) in [6.07, 6.45) is 2.17. The third-order valence-electron chi connectivity index (χ3n) is 2.51. The van der Waals surface area contributed by atoms with Crippen LogP contribution in [0.1, 0.15) is 13.3 Å². The highest BCUT2D eigenvalue weighted by molar-refractivity contribution is 7.98. The average Bonchev–Trinajstić information content (AvgIpc) is 2.41. The number of carboxylic acid groups (broad SMARTS) is 1. The van der Waals surface area contributed by atoms with Crippen molar-refractivity contribution in [3.8, 4) is 0 Å². The number of nitrogens with one attached hydrogen (secondary N) is 2. The third-order valence-corrected chi connectivity index (χ3v) is 3.55. The number of aliphatic carboxylic acids is 1. The first-order valence-corrected chi connectivity index (χ1v) is 8.05. The van der Waals surface area contributed by atoms with Crippen LogP contribution in [0.5, 0.6) is 0 Å². The minimum absolute atomic E-state index is 0.158. The van der Waals surface area contributed by atoms with Gasteiger partial charge in [0.1, 0.15) is 12.1 Å². The predicted octanol–water partition coefficient (Wildman–Crippen LogP) is -0.929. The van der Waals surface area contributed by atoms with E-state index < -0.39 is 35.9 Å². The molecule has 2 amide bonds. The topological polar surface area (TPSA) is 122 Å². The Balaban J connectivity index is 4.41. The van der Waals surface area contributed by atoms with Crippen LogP contribution in [0, 0.1) is 0 Å². The van der Waals surface area contributed by atoms with Gasteiger partial charge in [-0.25, -0.2) is 4.79 Å². The first kappa shape index (κ1) is 19.1. The Morgan fingerprint density at radius 3 is 2.35 bits per heavy atom. The molecule has 0 aromatic carbocycles. The number of carboxylic acids is 1. The van der Waals surface area contributed by atoms with Gasteiger partial charge in [-0.15, -0.1) is 0 Å². The van der Waals surface area contributed by atoms with Gasteiger partial charge in [0.25, 0.3) is 0 Å². The smallest absolute Gasteiger partial charge is 0.326 e. The molecule has 0 heterocycles. The minimum atomic E-state index is -1.10. The highest BCUT2D eigenvalue weighted by Gasteiger charge is 2.24. The van der Waals surface area contributed by atoms with Gasteiger partial charge in [-0.05, 0) is 25.4 Å². The van der Waals surface area contributed by atoms with Gasteiger partial charge in [0.05, 0.1) is 6.04 Å². The Kier molecular flexibility index (Phi) is 9.43. The van der Waals surface area contributed by atoms with Crippen LogP contribution in [0.3, 0.4) is 0 Å². The molecule has 0 rings (SSSR count). The normalized spacial score (nSPS) is 15.0. The minimum Gasteiger partial charge on any atom is -0.480 e. The molecule has 0 fully saturated rings. The monoisotopic (exact) mass is 323 g/mol. The molecule has 5 N–H and O–H groups in total. The molecule has 0 aliphatic heterocycles. The number of carbonyl (C=O) groups is 3. The van der Waals surface area contributed by atoms with Crippen molar-refractivity contribution in [3.05, 3.63) is 0 Å². The van der Waals surface area contributed by atoms with Crippen molar-refractivity contribution in [1.29, 1.82) is 0 Å². The molecule has 3 atom stereocenters. The SMILES string of the molecule is CSCCC(NC(=O)C(C)NC(=O)C(N)CS)C(=O)O. The summed E-state index contributed by atoms with van der Waals surface area (Å²) in [7, 11) is 0. The fourth-order valence-corrected chi connectivity index (χ4v) is 1.90. The van der Waals surface area contributed by atoms with Crippen LogP contribution < -0.4 is 16.4 Å². The van der Waals surface area contributed by atoms with E-state index in [0.717, 1.165) is 0 Å². The standard InChI is InChI=1S/C11H21N3O4S2/c1-6(13-10(16)7(12)5-19)9(15)14-8(11(17)18)3-4-20-2/h6-8,19H,3-5,12H2,1-2H3,(H,13,16)(H,14,15)(H,17,18). The number of thioether (sulfide) groups is 1. The Morgan fingerprint density at radius 2 is 1.90 bits per heavy atom. The van der Waals surface area contributed by atoms with Crippen LogP contribution >= 0.6 is 24.4 Å². The number of nitrogens with two attached hydrogens (primary N) is 1. The van der Waals surface area contributed by atoms with E-state index in [1.54, 1.807) is 0 Å². The second-order valence-electron chi connectivity index (χ2n) is 4.20. The Labute approximate surface area is 127 Å². The lowest BCUT2D eigenvalue weighted by atomic mass is 10.2. The maximum atomic E-state index is 11.8. The molecule has 0 saturated heterocycles. The summed E-state index contributed by atoms with van der Waals surface area (Å²) in [4.78, 5) is 34.3. The molecule has 3 unspecified atom stereocenters. The van der Waals surface area contributed by atoms with Crippen molar-refractivity contribution in [2.24, 2.45) is 5.73 Å². The summed E-state index contributed by atoms with van der Waals surface area (Å²) in [5, 5.41) is 13.8. The van der Waals surface area contributed by atoms with Crippen molar-refractivity contribution in [1.82, 2.24) is 10.6 Å². The summed E-state index contributed by atoms with van der Waals surface area (Å²) in [5.74, 6) is -1.39. The van der Waals surface area contributed by atoms with Gasteiger partial charge >= 0.3 is 5.97 Å². The molecule has 0 aromatic heterocycles. The van der Waals surface area contributed by atoms with Gasteiger partial charge in [0.15, 0.2) is 0 Å². The lowest BCUT2D eigenvalue weighted by molar-refractivity contribution is -0.142. The zero-order chi connectivity index (χ0) is 15.7. The van der Waals surface area contributed by atoms with E-state index in [1.165, 1.54) is 18.7 Å². The van der Waals surface area contributed by atoms with Crippen molar-refractivity contribution in [2.45, 2.75) is 31.5 Å². The highest BCUT2D eigenvalue weighted by Crippen LogP contribution is 2.01. The van der Waals surface area contributed by atoms with E-state index in [-0.39, 0.29) is 5.75 Å². The van der Waals surface area contributed by atoms with Gasteiger partial charge < -0.3 is 21.5 Å². The van der Waals surface area contributed by atoms with Gasteiger partial charge in [0, 0.05) is 5.75 Å². The fraction of sp³-hybridized carbons (Fsp3) is 0.727. The van der Waals surface area contributed by atoms with Crippen LogP contribution in [0.4, 0.5) is 0 Å². The zero-order valence-corrected chi connectivity index (χ0v) is 13.2. The molecule has 0 spiro atoms. The lowest BCUT2D eigenvalue weighted by Gasteiger charge is -2.19. The third kappa shape index (κ3) is 7.01. The Bertz CT molecular complexity index is 355. The van der Waals surface area contributed by atoms with E-state index in [0.29, 0.717) is 12.2 Å². The van der Waals surface area contributed by atoms with E-state index in [1.807, 2.05) is 6.26 Å². The molecule has 0 aliphatic carbocycles.